The van der Waals surface area contributed by atoms with Crippen molar-refractivity contribution in [3.63, 3.8) is 0 Å². The van der Waals surface area contributed by atoms with Crippen molar-refractivity contribution >= 4 is 46.9 Å². The molecule has 0 spiro atoms. The molecule has 120 valence electrons. The lowest BCUT2D eigenvalue weighted by Crippen LogP contribution is -2.26. The molecule has 0 saturated heterocycles. The number of nitrogens with one attached hydrogen (secondary N) is 1. The highest BCUT2D eigenvalue weighted by atomic mass is 35.5. The third-order valence-corrected chi connectivity index (χ3v) is 3.89. The van der Waals surface area contributed by atoms with E-state index in [9.17, 15) is 4.79 Å². The van der Waals surface area contributed by atoms with Gasteiger partial charge in [-0.1, -0.05) is 64.2 Å². The summed E-state index contributed by atoms with van der Waals surface area (Å²) in [5.74, 6) is -0.292. The maximum atomic E-state index is 11.6. The Labute approximate surface area is 149 Å². The highest BCUT2D eigenvalue weighted by Gasteiger charge is 2.03. The average Bonchev–Trinajstić information content (AvgIpc) is 2.53. The molecule has 0 fully saturated rings. The summed E-state index contributed by atoms with van der Waals surface area (Å²) in [5, 5.41) is 7.83. The Morgan fingerprint density at radius 3 is 2.74 bits per heavy atom. The van der Waals surface area contributed by atoms with E-state index in [-0.39, 0.29) is 12.5 Å². The van der Waals surface area contributed by atoms with Crippen molar-refractivity contribution in [1.29, 1.82) is 0 Å². The number of amides is 1. The number of carbonyl (C=O) groups is 1. The van der Waals surface area contributed by atoms with Gasteiger partial charge in [-0.3, -0.25) is 4.79 Å². The maximum Gasteiger partial charge on any atom is 0.261 e. The smallest absolute Gasteiger partial charge is 0.261 e. The largest absolute Gasteiger partial charge is 0.386 e. The van der Waals surface area contributed by atoms with Gasteiger partial charge in [0, 0.05) is 17.1 Å². The van der Waals surface area contributed by atoms with Crippen LogP contribution in [0, 0.1) is 0 Å². The second-order valence-electron chi connectivity index (χ2n) is 4.56. The van der Waals surface area contributed by atoms with E-state index in [1.165, 1.54) is 6.21 Å². The number of carbonyl (C=O) groups excluding carboxylic acids is 1. The molecule has 2 aromatic rings. The monoisotopic (exact) mass is 370 g/mol. The Kier molecular flexibility index (Phi) is 6.71. The van der Waals surface area contributed by atoms with Crippen LogP contribution in [0.25, 0.3) is 0 Å². The van der Waals surface area contributed by atoms with Crippen molar-refractivity contribution in [3.8, 4) is 0 Å². The number of benzene rings is 2. The SMILES string of the molecule is O=C(CO/N=C\c1cccc(Cl)c1Cl)NCc1cccc(Cl)c1. The van der Waals surface area contributed by atoms with Crippen molar-refractivity contribution in [2.24, 2.45) is 5.16 Å². The summed E-state index contributed by atoms with van der Waals surface area (Å²) >= 11 is 17.7. The van der Waals surface area contributed by atoms with Crippen LogP contribution in [0.15, 0.2) is 47.6 Å². The standard InChI is InChI=1S/C16H13Cl3N2O2/c17-13-5-1-3-11(7-13)8-20-15(22)10-23-21-9-12-4-2-6-14(18)16(12)19/h1-7,9H,8,10H2,(H,20,22)/b21-9-. The average molecular weight is 372 g/mol. The molecule has 0 bridgehead atoms. The fourth-order valence-corrected chi connectivity index (χ4v) is 2.28. The summed E-state index contributed by atoms with van der Waals surface area (Å²) in [5.41, 5.74) is 1.51. The summed E-state index contributed by atoms with van der Waals surface area (Å²) < 4.78 is 0. The van der Waals surface area contributed by atoms with Gasteiger partial charge in [-0.15, -0.1) is 0 Å². The topological polar surface area (TPSA) is 50.7 Å². The maximum absolute atomic E-state index is 11.6. The van der Waals surface area contributed by atoms with E-state index in [0.29, 0.717) is 27.2 Å². The Balaban J connectivity index is 1.76. The third kappa shape index (κ3) is 5.75. The summed E-state index contributed by atoms with van der Waals surface area (Å²) in [4.78, 5) is 16.6. The van der Waals surface area contributed by atoms with Gasteiger partial charge in [-0.05, 0) is 23.8 Å². The molecule has 0 saturated carbocycles. The van der Waals surface area contributed by atoms with Gasteiger partial charge in [0.15, 0.2) is 6.61 Å². The Morgan fingerprint density at radius 1 is 1.17 bits per heavy atom. The summed E-state index contributed by atoms with van der Waals surface area (Å²) in [6.45, 7) is 0.168. The van der Waals surface area contributed by atoms with Crippen LogP contribution in [0.4, 0.5) is 0 Å². The number of halogens is 3. The van der Waals surface area contributed by atoms with Gasteiger partial charge in [0.25, 0.3) is 5.91 Å². The van der Waals surface area contributed by atoms with Crippen LogP contribution in [-0.2, 0) is 16.2 Å². The van der Waals surface area contributed by atoms with Crippen LogP contribution < -0.4 is 5.32 Å². The fraction of sp³-hybridized carbons (Fsp3) is 0.125. The molecular formula is C16H13Cl3N2O2. The van der Waals surface area contributed by atoms with Gasteiger partial charge in [0.05, 0.1) is 16.3 Å². The highest BCUT2D eigenvalue weighted by Crippen LogP contribution is 2.24. The summed E-state index contributed by atoms with van der Waals surface area (Å²) in [7, 11) is 0. The highest BCUT2D eigenvalue weighted by molar-refractivity contribution is 6.43. The third-order valence-electron chi connectivity index (χ3n) is 2.82. The molecule has 1 amide bonds. The molecule has 7 heteroatoms. The van der Waals surface area contributed by atoms with Crippen molar-refractivity contribution in [2.75, 3.05) is 6.61 Å². The first-order chi connectivity index (χ1) is 11.1. The van der Waals surface area contributed by atoms with Crippen molar-refractivity contribution in [3.05, 3.63) is 68.7 Å². The Bertz CT molecular complexity index is 720. The normalized spacial score (nSPS) is 10.7. The zero-order chi connectivity index (χ0) is 16.7. The van der Waals surface area contributed by atoms with E-state index in [1.807, 2.05) is 12.1 Å². The Hall–Kier alpha value is -1.75. The molecule has 0 aliphatic heterocycles. The molecule has 0 aromatic heterocycles. The Morgan fingerprint density at radius 2 is 1.96 bits per heavy atom. The molecule has 2 rings (SSSR count). The second-order valence-corrected chi connectivity index (χ2v) is 5.78. The second kappa shape index (κ2) is 8.77. The van der Waals surface area contributed by atoms with Crippen LogP contribution in [-0.4, -0.2) is 18.7 Å². The van der Waals surface area contributed by atoms with Crippen LogP contribution >= 0.6 is 34.8 Å². The predicted molar refractivity (Wildman–Crippen MR) is 93.3 cm³/mol. The van der Waals surface area contributed by atoms with E-state index < -0.39 is 0 Å². The van der Waals surface area contributed by atoms with Gasteiger partial charge in [0.2, 0.25) is 0 Å². The molecule has 0 heterocycles. The van der Waals surface area contributed by atoms with Gasteiger partial charge in [0.1, 0.15) is 0 Å². The minimum Gasteiger partial charge on any atom is -0.386 e. The summed E-state index contributed by atoms with van der Waals surface area (Å²) in [6.07, 6.45) is 1.40. The van der Waals surface area contributed by atoms with Gasteiger partial charge >= 0.3 is 0 Å². The zero-order valence-corrected chi connectivity index (χ0v) is 14.2. The first kappa shape index (κ1) is 17.6. The fourth-order valence-electron chi connectivity index (χ4n) is 1.71. The van der Waals surface area contributed by atoms with Crippen LogP contribution in [0.1, 0.15) is 11.1 Å². The lowest BCUT2D eigenvalue weighted by molar-refractivity contribution is -0.125. The van der Waals surface area contributed by atoms with Crippen LogP contribution in [0.5, 0.6) is 0 Å². The molecule has 1 N–H and O–H groups in total. The van der Waals surface area contributed by atoms with Gasteiger partial charge in [-0.2, -0.15) is 0 Å². The molecule has 0 atom stereocenters. The van der Waals surface area contributed by atoms with E-state index in [1.54, 1.807) is 30.3 Å². The number of rotatable bonds is 6. The molecule has 0 aliphatic rings. The molecular weight excluding hydrogens is 359 g/mol. The first-order valence-electron chi connectivity index (χ1n) is 6.67. The molecule has 23 heavy (non-hydrogen) atoms. The predicted octanol–water partition coefficient (Wildman–Crippen LogP) is 4.31. The molecule has 4 nitrogen and oxygen atoms in total. The van der Waals surface area contributed by atoms with E-state index in [2.05, 4.69) is 10.5 Å². The van der Waals surface area contributed by atoms with Gasteiger partial charge < -0.3 is 10.2 Å². The first-order valence-corrected chi connectivity index (χ1v) is 7.80. The molecule has 0 radical (unpaired) electrons. The van der Waals surface area contributed by atoms with Crippen LogP contribution in [0.3, 0.4) is 0 Å². The minimum absolute atomic E-state index is 0.199. The number of hydrogen-bond acceptors (Lipinski definition) is 3. The van der Waals surface area contributed by atoms with E-state index in [4.69, 9.17) is 39.6 Å². The lowest BCUT2D eigenvalue weighted by atomic mass is 10.2. The van der Waals surface area contributed by atoms with E-state index >= 15 is 0 Å². The van der Waals surface area contributed by atoms with Crippen LogP contribution in [0.2, 0.25) is 15.1 Å². The molecule has 0 aliphatic carbocycles. The van der Waals surface area contributed by atoms with Crippen molar-refractivity contribution < 1.29 is 9.63 Å². The lowest BCUT2D eigenvalue weighted by Gasteiger charge is -2.05. The van der Waals surface area contributed by atoms with Gasteiger partial charge in [-0.25, -0.2) is 0 Å². The van der Waals surface area contributed by atoms with E-state index in [0.717, 1.165) is 5.56 Å². The van der Waals surface area contributed by atoms with Crippen molar-refractivity contribution in [1.82, 2.24) is 5.32 Å². The van der Waals surface area contributed by atoms with Crippen molar-refractivity contribution in [2.45, 2.75) is 6.54 Å². The zero-order valence-electron chi connectivity index (χ0n) is 11.9. The summed E-state index contributed by atoms with van der Waals surface area (Å²) in [6, 6.07) is 12.4. The molecule has 0 unspecified atom stereocenters. The quantitative estimate of drug-likeness (QED) is 0.607. The number of hydrogen-bond donors (Lipinski definition) is 1. The minimum atomic E-state index is -0.292. The number of oxime groups is 1. The molecule has 2 aromatic carbocycles. The number of nitrogens with zero attached hydrogens (tertiary/aromatic N) is 1.